The number of methoxy groups -OCH3 is 1. The Morgan fingerprint density at radius 2 is 2.00 bits per heavy atom. The van der Waals surface area contributed by atoms with E-state index in [2.05, 4.69) is 4.74 Å². The highest BCUT2D eigenvalue weighted by molar-refractivity contribution is 5.95. The second kappa shape index (κ2) is 3.61. The Morgan fingerprint density at radius 3 is 2.43 bits per heavy atom. The molecule has 1 aromatic rings. The molecule has 0 unspecified atom stereocenters. The zero-order chi connectivity index (χ0) is 10.9. The third kappa shape index (κ3) is 1.53. The average Bonchev–Trinajstić information content (AvgIpc) is 2.11. The van der Waals surface area contributed by atoms with Crippen molar-refractivity contribution >= 4 is 5.78 Å². The number of phenolic OH excluding ortho intramolecular Hbond substituents is 1. The molecule has 0 aliphatic carbocycles. The molecular weight excluding hydrogens is 194 g/mol. The molecular formula is C9H8F2O3. The van der Waals surface area contributed by atoms with Gasteiger partial charge < -0.3 is 9.84 Å². The largest absolute Gasteiger partial charge is 0.505 e. The van der Waals surface area contributed by atoms with Crippen molar-refractivity contribution in [3.05, 3.63) is 23.3 Å². The van der Waals surface area contributed by atoms with Crippen LogP contribution in [0.2, 0.25) is 0 Å². The molecule has 14 heavy (non-hydrogen) atoms. The summed E-state index contributed by atoms with van der Waals surface area (Å²) < 4.78 is 30.8. The summed E-state index contributed by atoms with van der Waals surface area (Å²) in [5.41, 5.74) is -0.790. The highest BCUT2D eigenvalue weighted by atomic mass is 19.1. The Balaban J connectivity index is 3.53. The van der Waals surface area contributed by atoms with Crippen LogP contribution in [-0.4, -0.2) is 18.0 Å². The fourth-order valence-corrected chi connectivity index (χ4v) is 1.06. The van der Waals surface area contributed by atoms with Crippen LogP contribution in [0.4, 0.5) is 8.78 Å². The molecule has 0 radical (unpaired) electrons. The maximum absolute atomic E-state index is 13.3. The number of carbonyl (C=O) groups excluding carboxylic acids is 1. The van der Waals surface area contributed by atoms with Crippen LogP contribution in [0.25, 0.3) is 0 Å². The van der Waals surface area contributed by atoms with Crippen molar-refractivity contribution in [3.63, 3.8) is 0 Å². The fourth-order valence-electron chi connectivity index (χ4n) is 1.06. The van der Waals surface area contributed by atoms with Crippen LogP contribution < -0.4 is 4.74 Å². The topological polar surface area (TPSA) is 46.5 Å². The minimum Gasteiger partial charge on any atom is -0.505 e. The Hall–Kier alpha value is -1.65. The van der Waals surface area contributed by atoms with Crippen LogP contribution in [0, 0.1) is 11.6 Å². The highest BCUT2D eigenvalue weighted by Gasteiger charge is 2.21. The van der Waals surface area contributed by atoms with E-state index < -0.39 is 28.7 Å². The Kier molecular flexibility index (Phi) is 2.69. The number of carbonyl (C=O) groups is 1. The monoisotopic (exact) mass is 202 g/mol. The molecule has 0 fully saturated rings. The zero-order valence-electron chi connectivity index (χ0n) is 7.60. The number of hydrogen-bond acceptors (Lipinski definition) is 3. The molecule has 0 heterocycles. The maximum Gasteiger partial charge on any atom is 0.179 e. The van der Waals surface area contributed by atoms with Gasteiger partial charge in [0.05, 0.1) is 12.7 Å². The van der Waals surface area contributed by atoms with E-state index in [1.165, 1.54) is 0 Å². The normalized spacial score (nSPS) is 10.0. The first-order valence-electron chi connectivity index (χ1n) is 3.75. The third-order valence-electron chi connectivity index (χ3n) is 1.72. The molecule has 1 N–H and O–H groups in total. The molecule has 1 aromatic carbocycles. The molecule has 0 saturated carbocycles. The van der Waals surface area contributed by atoms with Gasteiger partial charge in [-0.2, -0.15) is 0 Å². The minimum absolute atomic E-state index is 0.367. The fraction of sp³-hybridized carbons (Fsp3) is 0.222. The van der Waals surface area contributed by atoms with Crippen LogP contribution in [0.15, 0.2) is 6.07 Å². The minimum atomic E-state index is -1.27. The summed E-state index contributed by atoms with van der Waals surface area (Å²) in [5.74, 6) is -4.36. The van der Waals surface area contributed by atoms with Crippen molar-refractivity contribution in [3.8, 4) is 11.5 Å². The number of aromatic hydroxyl groups is 1. The van der Waals surface area contributed by atoms with Crippen molar-refractivity contribution in [1.82, 2.24) is 0 Å². The quantitative estimate of drug-likeness (QED) is 0.745. The summed E-state index contributed by atoms with van der Waals surface area (Å²) in [5, 5.41) is 9.01. The summed E-state index contributed by atoms with van der Waals surface area (Å²) in [6.45, 7) is 1.00. The first-order chi connectivity index (χ1) is 6.49. The van der Waals surface area contributed by atoms with Crippen molar-refractivity contribution in [2.45, 2.75) is 6.92 Å². The number of ketones is 1. The summed E-state index contributed by atoms with van der Waals surface area (Å²) >= 11 is 0. The van der Waals surface area contributed by atoms with E-state index in [4.69, 9.17) is 5.11 Å². The summed E-state index contributed by atoms with van der Waals surface area (Å²) in [7, 11) is 1.15. The Labute approximate surface area is 78.9 Å². The van der Waals surface area contributed by atoms with Gasteiger partial charge in [0.25, 0.3) is 0 Å². The van der Waals surface area contributed by atoms with Gasteiger partial charge in [0, 0.05) is 6.07 Å². The molecule has 76 valence electrons. The van der Waals surface area contributed by atoms with E-state index in [1.54, 1.807) is 0 Å². The predicted molar refractivity (Wildman–Crippen MR) is 44.6 cm³/mol. The van der Waals surface area contributed by atoms with Gasteiger partial charge in [-0.05, 0) is 6.92 Å². The summed E-state index contributed by atoms with van der Waals surface area (Å²) in [6.07, 6.45) is 0. The SMILES string of the molecule is COc1cc(O)c(F)c(C(C)=O)c1F. The van der Waals surface area contributed by atoms with Crippen molar-refractivity contribution in [2.24, 2.45) is 0 Å². The second-order valence-corrected chi connectivity index (χ2v) is 2.66. The predicted octanol–water partition coefficient (Wildman–Crippen LogP) is 1.88. The highest BCUT2D eigenvalue weighted by Crippen LogP contribution is 2.30. The number of ether oxygens (including phenoxy) is 1. The molecule has 0 bridgehead atoms. The van der Waals surface area contributed by atoms with Gasteiger partial charge in [0.2, 0.25) is 0 Å². The lowest BCUT2D eigenvalue weighted by atomic mass is 10.1. The number of Topliss-reactive ketones (excluding diaryl/α,β-unsaturated/α-hetero) is 1. The molecule has 0 spiro atoms. The van der Waals surface area contributed by atoms with Crippen molar-refractivity contribution in [2.75, 3.05) is 7.11 Å². The van der Waals surface area contributed by atoms with Gasteiger partial charge in [-0.3, -0.25) is 4.79 Å². The summed E-state index contributed by atoms with van der Waals surface area (Å²) in [6, 6.07) is 0.775. The lowest BCUT2D eigenvalue weighted by Gasteiger charge is -2.07. The zero-order valence-corrected chi connectivity index (χ0v) is 7.60. The van der Waals surface area contributed by atoms with Crippen molar-refractivity contribution < 1.29 is 23.4 Å². The second-order valence-electron chi connectivity index (χ2n) is 2.66. The standard InChI is InChI=1S/C9H8F2O3/c1-4(12)7-8(10)5(13)3-6(14-2)9(7)11/h3,13H,1-2H3. The van der Waals surface area contributed by atoms with Crippen LogP contribution in [0.3, 0.4) is 0 Å². The van der Waals surface area contributed by atoms with Crippen LogP contribution in [-0.2, 0) is 0 Å². The third-order valence-corrected chi connectivity index (χ3v) is 1.72. The number of phenols is 1. The molecule has 0 atom stereocenters. The van der Waals surface area contributed by atoms with Gasteiger partial charge in [-0.15, -0.1) is 0 Å². The molecule has 0 saturated heterocycles. The molecule has 0 amide bonds. The van der Waals surface area contributed by atoms with E-state index in [1.807, 2.05) is 0 Å². The smallest absolute Gasteiger partial charge is 0.179 e. The van der Waals surface area contributed by atoms with E-state index in [0.717, 1.165) is 20.1 Å². The van der Waals surface area contributed by atoms with Gasteiger partial charge in [-0.25, -0.2) is 8.78 Å². The average molecular weight is 202 g/mol. The molecule has 1 rings (SSSR count). The first kappa shape index (κ1) is 10.4. The van der Waals surface area contributed by atoms with E-state index in [-0.39, 0.29) is 5.75 Å². The van der Waals surface area contributed by atoms with Gasteiger partial charge >= 0.3 is 0 Å². The Bertz CT molecular complexity index is 388. The molecule has 0 aliphatic rings. The van der Waals surface area contributed by atoms with E-state index in [0.29, 0.717) is 0 Å². The van der Waals surface area contributed by atoms with Gasteiger partial charge in [0.15, 0.2) is 28.9 Å². The van der Waals surface area contributed by atoms with Crippen LogP contribution >= 0.6 is 0 Å². The number of hydrogen-bond donors (Lipinski definition) is 1. The first-order valence-corrected chi connectivity index (χ1v) is 3.75. The molecule has 5 heteroatoms. The van der Waals surface area contributed by atoms with Gasteiger partial charge in [-0.1, -0.05) is 0 Å². The van der Waals surface area contributed by atoms with E-state index >= 15 is 0 Å². The molecule has 0 aliphatic heterocycles. The maximum atomic E-state index is 13.3. The van der Waals surface area contributed by atoms with Gasteiger partial charge in [0.1, 0.15) is 0 Å². The molecule has 0 aromatic heterocycles. The number of halogens is 2. The summed E-state index contributed by atoms with van der Waals surface area (Å²) in [4.78, 5) is 10.9. The lowest BCUT2D eigenvalue weighted by molar-refractivity contribution is 0.100. The van der Waals surface area contributed by atoms with Crippen LogP contribution in [0.5, 0.6) is 11.5 Å². The number of benzene rings is 1. The van der Waals surface area contributed by atoms with Crippen molar-refractivity contribution in [1.29, 1.82) is 0 Å². The van der Waals surface area contributed by atoms with E-state index in [9.17, 15) is 13.6 Å². The molecule has 3 nitrogen and oxygen atoms in total. The Morgan fingerprint density at radius 1 is 1.43 bits per heavy atom. The lowest BCUT2D eigenvalue weighted by Crippen LogP contribution is -2.04. The number of rotatable bonds is 2. The van der Waals surface area contributed by atoms with Crippen LogP contribution in [0.1, 0.15) is 17.3 Å².